The molecule has 2 rings (SSSR count). The van der Waals surface area contributed by atoms with E-state index < -0.39 is 0 Å². The number of hydrogen-bond acceptors (Lipinski definition) is 1. The molecule has 0 heterocycles. The molecule has 3 atom stereocenters. The number of benzene rings is 1. The van der Waals surface area contributed by atoms with Crippen LogP contribution in [0.15, 0.2) is 30.3 Å². The lowest BCUT2D eigenvalue weighted by Crippen LogP contribution is -2.28. The van der Waals surface area contributed by atoms with Gasteiger partial charge in [0.15, 0.2) is 0 Å². The highest BCUT2D eigenvalue weighted by atomic mass is 15.1. The SMILES string of the molecule is CC1CCCC1[C@H](c1ccccc1)N(C)C. The largest absolute Gasteiger partial charge is 0.302 e. The van der Waals surface area contributed by atoms with Gasteiger partial charge < -0.3 is 4.90 Å². The van der Waals surface area contributed by atoms with Gasteiger partial charge in [0.05, 0.1) is 0 Å². The van der Waals surface area contributed by atoms with Crippen molar-refractivity contribution < 1.29 is 0 Å². The minimum absolute atomic E-state index is 0.596. The lowest BCUT2D eigenvalue weighted by Gasteiger charge is -2.33. The van der Waals surface area contributed by atoms with E-state index in [2.05, 4.69) is 56.3 Å². The molecule has 0 spiro atoms. The van der Waals surface area contributed by atoms with E-state index in [9.17, 15) is 0 Å². The van der Waals surface area contributed by atoms with Gasteiger partial charge in [-0.15, -0.1) is 0 Å². The van der Waals surface area contributed by atoms with Crippen LogP contribution in [0, 0.1) is 11.8 Å². The van der Waals surface area contributed by atoms with E-state index in [1.54, 1.807) is 0 Å². The summed E-state index contributed by atoms with van der Waals surface area (Å²) in [4.78, 5) is 2.39. The number of nitrogens with zero attached hydrogens (tertiary/aromatic N) is 1. The minimum atomic E-state index is 0.596. The van der Waals surface area contributed by atoms with E-state index in [0.29, 0.717) is 6.04 Å². The quantitative estimate of drug-likeness (QED) is 0.745. The van der Waals surface area contributed by atoms with Crippen LogP contribution in [0.1, 0.15) is 37.8 Å². The first-order valence-electron chi connectivity index (χ1n) is 6.41. The van der Waals surface area contributed by atoms with Crippen molar-refractivity contribution >= 4 is 0 Å². The predicted molar refractivity (Wildman–Crippen MR) is 69.4 cm³/mol. The molecular formula is C15H23N. The molecular weight excluding hydrogens is 194 g/mol. The second-order valence-corrected chi connectivity index (χ2v) is 5.39. The van der Waals surface area contributed by atoms with Crippen molar-refractivity contribution in [2.24, 2.45) is 11.8 Å². The topological polar surface area (TPSA) is 3.24 Å². The summed E-state index contributed by atoms with van der Waals surface area (Å²) in [6.45, 7) is 2.41. The molecule has 0 saturated heterocycles. The van der Waals surface area contributed by atoms with Gasteiger partial charge in [-0.2, -0.15) is 0 Å². The van der Waals surface area contributed by atoms with Crippen LogP contribution in [0.4, 0.5) is 0 Å². The van der Waals surface area contributed by atoms with Crippen LogP contribution in [-0.4, -0.2) is 19.0 Å². The highest BCUT2D eigenvalue weighted by Gasteiger charge is 2.32. The molecule has 0 amide bonds. The van der Waals surface area contributed by atoms with Gasteiger partial charge >= 0.3 is 0 Å². The third-order valence-electron chi connectivity index (χ3n) is 4.03. The summed E-state index contributed by atoms with van der Waals surface area (Å²) in [7, 11) is 4.42. The molecule has 1 saturated carbocycles. The smallest absolute Gasteiger partial charge is 0.0372 e. The normalized spacial score (nSPS) is 27.2. The molecule has 0 radical (unpaired) electrons. The molecule has 16 heavy (non-hydrogen) atoms. The number of rotatable bonds is 3. The van der Waals surface area contributed by atoms with Crippen LogP contribution in [0.2, 0.25) is 0 Å². The van der Waals surface area contributed by atoms with Crippen LogP contribution in [0.3, 0.4) is 0 Å². The van der Waals surface area contributed by atoms with Crippen LogP contribution in [-0.2, 0) is 0 Å². The van der Waals surface area contributed by atoms with Crippen molar-refractivity contribution in [3.63, 3.8) is 0 Å². The molecule has 0 aliphatic heterocycles. The average molecular weight is 217 g/mol. The van der Waals surface area contributed by atoms with E-state index in [0.717, 1.165) is 11.8 Å². The Bertz CT molecular complexity index is 317. The molecule has 1 aromatic rings. The fourth-order valence-corrected chi connectivity index (χ4v) is 3.22. The van der Waals surface area contributed by atoms with Gasteiger partial charge in [0.25, 0.3) is 0 Å². The molecule has 0 bridgehead atoms. The first-order valence-corrected chi connectivity index (χ1v) is 6.41. The molecule has 1 nitrogen and oxygen atoms in total. The van der Waals surface area contributed by atoms with Crippen molar-refractivity contribution in [1.82, 2.24) is 4.90 Å². The molecule has 0 aromatic heterocycles. The summed E-state index contributed by atoms with van der Waals surface area (Å²) in [6.07, 6.45) is 4.20. The molecule has 2 unspecified atom stereocenters. The lowest BCUT2D eigenvalue weighted by atomic mass is 9.85. The van der Waals surface area contributed by atoms with Crippen LogP contribution in [0.25, 0.3) is 0 Å². The Labute approximate surface area is 99.5 Å². The van der Waals surface area contributed by atoms with Crippen molar-refractivity contribution in [1.29, 1.82) is 0 Å². The van der Waals surface area contributed by atoms with Gasteiger partial charge in [-0.05, 0) is 37.9 Å². The summed E-state index contributed by atoms with van der Waals surface area (Å²) >= 11 is 0. The van der Waals surface area contributed by atoms with E-state index in [-0.39, 0.29) is 0 Å². The highest BCUT2D eigenvalue weighted by molar-refractivity contribution is 5.20. The molecule has 1 heteroatoms. The van der Waals surface area contributed by atoms with E-state index >= 15 is 0 Å². The second kappa shape index (κ2) is 5.01. The Morgan fingerprint density at radius 3 is 2.31 bits per heavy atom. The zero-order valence-electron chi connectivity index (χ0n) is 10.7. The third kappa shape index (κ3) is 2.30. The summed E-state index contributed by atoms with van der Waals surface area (Å²) in [5.41, 5.74) is 1.48. The van der Waals surface area contributed by atoms with Gasteiger partial charge in [-0.3, -0.25) is 0 Å². The highest BCUT2D eigenvalue weighted by Crippen LogP contribution is 2.42. The molecule has 1 aliphatic rings. The summed E-state index contributed by atoms with van der Waals surface area (Å²) in [5, 5.41) is 0. The molecule has 0 N–H and O–H groups in total. The maximum atomic E-state index is 2.41. The van der Waals surface area contributed by atoms with Gasteiger partial charge in [-0.25, -0.2) is 0 Å². The Kier molecular flexibility index (Phi) is 3.65. The Morgan fingerprint density at radius 1 is 1.12 bits per heavy atom. The zero-order valence-corrected chi connectivity index (χ0v) is 10.7. The summed E-state index contributed by atoms with van der Waals surface area (Å²) in [5.74, 6) is 1.70. The minimum Gasteiger partial charge on any atom is -0.302 e. The van der Waals surface area contributed by atoms with Gasteiger partial charge in [-0.1, -0.05) is 50.1 Å². The third-order valence-corrected chi connectivity index (χ3v) is 4.03. The Balaban J connectivity index is 2.24. The summed E-state index contributed by atoms with van der Waals surface area (Å²) in [6, 6.07) is 11.6. The zero-order chi connectivity index (χ0) is 11.5. The standard InChI is InChI=1S/C15H23N/c1-12-8-7-11-14(12)15(16(2)3)13-9-5-4-6-10-13/h4-6,9-10,12,14-15H,7-8,11H2,1-3H3/t12?,14?,15-/m0/s1. The Hall–Kier alpha value is -0.820. The van der Waals surface area contributed by atoms with Crippen molar-refractivity contribution in [3.05, 3.63) is 35.9 Å². The van der Waals surface area contributed by atoms with E-state index in [1.807, 2.05) is 0 Å². The van der Waals surface area contributed by atoms with Crippen LogP contribution < -0.4 is 0 Å². The van der Waals surface area contributed by atoms with E-state index in [1.165, 1.54) is 24.8 Å². The first-order chi connectivity index (χ1) is 7.70. The monoisotopic (exact) mass is 217 g/mol. The van der Waals surface area contributed by atoms with Gasteiger partial charge in [0, 0.05) is 6.04 Å². The number of hydrogen-bond donors (Lipinski definition) is 0. The van der Waals surface area contributed by atoms with Gasteiger partial charge in [0.2, 0.25) is 0 Å². The van der Waals surface area contributed by atoms with Gasteiger partial charge in [0.1, 0.15) is 0 Å². The molecule has 88 valence electrons. The Morgan fingerprint density at radius 2 is 1.81 bits per heavy atom. The predicted octanol–water partition coefficient (Wildman–Crippen LogP) is 3.73. The maximum Gasteiger partial charge on any atom is 0.0372 e. The fraction of sp³-hybridized carbons (Fsp3) is 0.600. The van der Waals surface area contributed by atoms with Crippen LogP contribution in [0.5, 0.6) is 0 Å². The van der Waals surface area contributed by atoms with E-state index in [4.69, 9.17) is 0 Å². The first kappa shape index (κ1) is 11.7. The van der Waals surface area contributed by atoms with Crippen molar-refractivity contribution in [2.45, 2.75) is 32.2 Å². The van der Waals surface area contributed by atoms with Crippen molar-refractivity contribution in [3.8, 4) is 0 Å². The molecule has 1 fully saturated rings. The average Bonchev–Trinajstić information content (AvgIpc) is 2.66. The molecule has 1 aromatic carbocycles. The molecule has 1 aliphatic carbocycles. The maximum absolute atomic E-state index is 2.41. The second-order valence-electron chi connectivity index (χ2n) is 5.39. The summed E-state index contributed by atoms with van der Waals surface area (Å²) < 4.78 is 0. The van der Waals surface area contributed by atoms with Crippen LogP contribution >= 0.6 is 0 Å². The fourth-order valence-electron chi connectivity index (χ4n) is 3.22. The van der Waals surface area contributed by atoms with Crippen molar-refractivity contribution in [2.75, 3.05) is 14.1 Å². The lowest BCUT2D eigenvalue weighted by molar-refractivity contribution is 0.182.